The summed E-state index contributed by atoms with van der Waals surface area (Å²) in [4.78, 5) is 10.3. The van der Waals surface area contributed by atoms with Gasteiger partial charge in [-0.05, 0) is 48.6 Å². The third kappa shape index (κ3) is 16.0. The monoisotopic (exact) mass is 662 g/mol. The molecule has 10 heteroatoms. The van der Waals surface area contributed by atoms with Crippen LogP contribution in [0.5, 0.6) is 0 Å². The summed E-state index contributed by atoms with van der Waals surface area (Å²) < 4.78 is 0. The van der Waals surface area contributed by atoms with Crippen molar-refractivity contribution in [2.45, 2.75) is 53.1 Å². The number of aliphatic hydroxyl groups is 1. The number of aliphatic hydroxyl groups excluding tert-OH is 1. The van der Waals surface area contributed by atoms with Crippen molar-refractivity contribution in [2.75, 3.05) is 0 Å². The Labute approximate surface area is 260 Å². The molecule has 0 aromatic heterocycles. The van der Waals surface area contributed by atoms with Gasteiger partial charge in [-0.25, -0.2) is 0 Å². The first-order chi connectivity index (χ1) is 14.8. The van der Waals surface area contributed by atoms with Crippen LogP contribution in [0.15, 0.2) is 24.3 Å². The van der Waals surface area contributed by atoms with Gasteiger partial charge in [0.05, 0.1) is 36.2 Å². The second-order valence-electron chi connectivity index (χ2n) is 7.88. The zero-order valence-electron chi connectivity index (χ0n) is 19.7. The van der Waals surface area contributed by atoms with Gasteiger partial charge in [0.25, 0.3) is 0 Å². The summed E-state index contributed by atoms with van der Waals surface area (Å²) in [7, 11) is 0. The molecular weight excluding hydrogens is 637 g/mol. The summed E-state index contributed by atoms with van der Waals surface area (Å²) in [5.41, 5.74) is 1.14. The molecule has 1 N–H and O–H groups in total. The molecule has 1 atom stereocenters. The Morgan fingerprint density at radius 2 is 1.15 bits per heavy atom. The van der Waals surface area contributed by atoms with Crippen molar-refractivity contribution >= 4 is 98.9 Å². The third-order valence-corrected chi connectivity index (χ3v) is 6.52. The first-order valence-electron chi connectivity index (χ1n) is 10.0. The molecule has 0 aliphatic rings. The third-order valence-electron chi connectivity index (χ3n) is 4.13. The Kier molecular flexibility index (Phi) is 24.5. The average Bonchev–Trinajstić information content (AvgIpc) is 2.74. The van der Waals surface area contributed by atoms with Crippen LogP contribution in [-0.2, 0) is 0 Å². The molecule has 0 amide bonds. The molecule has 2 rings (SSSR count). The van der Waals surface area contributed by atoms with Crippen LogP contribution in [0.3, 0.4) is 0 Å². The SMILES string of the molecule is CC(C)CCC(O)c1cc(Cl)c(Cl)c(Cl)c1.O=Cc1cc(Cl)c(Cl)c(Cl)c1.[Br-].[CH2-]CC(C)C.[Mg+2]. The van der Waals surface area contributed by atoms with E-state index in [1.54, 1.807) is 12.1 Å². The molecule has 0 aliphatic carbocycles. The minimum absolute atomic E-state index is 0. The van der Waals surface area contributed by atoms with Gasteiger partial charge in [0.1, 0.15) is 6.29 Å². The molecule has 0 saturated heterocycles. The van der Waals surface area contributed by atoms with E-state index in [4.69, 9.17) is 69.6 Å². The van der Waals surface area contributed by atoms with Crippen molar-refractivity contribution in [3.8, 4) is 0 Å². The molecule has 34 heavy (non-hydrogen) atoms. The van der Waals surface area contributed by atoms with Crippen LogP contribution < -0.4 is 17.0 Å². The fourth-order valence-electron chi connectivity index (χ4n) is 2.07. The van der Waals surface area contributed by atoms with E-state index in [0.29, 0.717) is 49.3 Å². The number of aldehydes is 1. The normalized spacial score (nSPS) is 10.8. The minimum atomic E-state index is -0.533. The molecule has 0 heterocycles. The van der Waals surface area contributed by atoms with Gasteiger partial charge in [-0.15, -0.1) is 0 Å². The molecule has 0 aliphatic heterocycles. The van der Waals surface area contributed by atoms with Gasteiger partial charge >= 0.3 is 23.1 Å². The first-order valence-corrected chi connectivity index (χ1v) is 12.3. The van der Waals surface area contributed by atoms with Crippen LogP contribution in [-0.4, -0.2) is 34.4 Å². The summed E-state index contributed by atoms with van der Waals surface area (Å²) in [6, 6.07) is 6.26. The van der Waals surface area contributed by atoms with Crippen LogP contribution in [0.4, 0.5) is 0 Å². The summed E-state index contributed by atoms with van der Waals surface area (Å²) in [6.07, 6.45) is 2.84. The van der Waals surface area contributed by atoms with Crippen LogP contribution in [0.1, 0.15) is 69.0 Å². The zero-order valence-corrected chi connectivity index (χ0v) is 27.2. The predicted octanol–water partition coefficient (Wildman–Crippen LogP) is 7.07. The molecule has 0 spiro atoms. The van der Waals surface area contributed by atoms with Gasteiger partial charge in [0.2, 0.25) is 0 Å². The van der Waals surface area contributed by atoms with Gasteiger partial charge < -0.3 is 29.0 Å². The average molecular weight is 666 g/mol. The van der Waals surface area contributed by atoms with Crippen LogP contribution in [0.25, 0.3) is 0 Å². The fourth-order valence-corrected chi connectivity index (χ4v) is 3.29. The quantitative estimate of drug-likeness (QED) is 0.155. The Balaban J connectivity index is -0.000000467. The largest absolute Gasteiger partial charge is 2.00 e. The Morgan fingerprint density at radius 3 is 1.44 bits per heavy atom. The fraction of sp³-hybridized carbons (Fsp3) is 0.417. The molecule has 2 nitrogen and oxygen atoms in total. The zero-order chi connectivity index (χ0) is 25.0. The van der Waals surface area contributed by atoms with E-state index < -0.39 is 6.10 Å². The first kappa shape index (κ1) is 39.6. The van der Waals surface area contributed by atoms with Crippen molar-refractivity contribution in [3.63, 3.8) is 0 Å². The van der Waals surface area contributed by atoms with Crippen LogP contribution in [0, 0.1) is 18.8 Å². The Hall–Kier alpha value is 1.06. The van der Waals surface area contributed by atoms with Crippen molar-refractivity contribution < 1.29 is 26.9 Å². The van der Waals surface area contributed by atoms with Gasteiger partial charge in [-0.2, -0.15) is 6.42 Å². The topological polar surface area (TPSA) is 37.3 Å². The maximum atomic E-state index is 10.3. The Bertz CT molecular complexity index is 819. The van der Waals surface area contributed by atoms with Crippen LogP contribution >= 0.6 is 69.6 Å². The molecule has 2 aromatic carbocycles. The molecule has 0 bridgehead atoms. The van der Waals surface area contributed by atoms with Crippen molar-refractivity contribution in [2.24, 2.45) is 11.8 Å². The second kappa shape index (κ2) is 21.0. The van der Waals surface area contributed by atoms with Crippen molar-refractivity contribution in [1.29, 1.82) is 0 Å². The summed E-state index contributed by atoms with van der Waals surface area (Å²) in [5, 5.41) is 11.9. The molecule has 0 radical (unpaired) electrons. The number of halogens is 7. The molecule has 188 valence electrons. The van der Waals surface area contributed by atoms with E-state index >= 15 is 0 Å². The van der Waals surface area contributed by atoms with E-state index in [1.807, 2.05) is 0 Å². The number of benzene rings is 2. The Morgan fingerprint density at radius 1 is 0.794 bits per heavy atom. The van der Waals surface area contributed by atoms with E-state index in [-0.39, 0.29) is 45.1 Å². The molecule has 1 unspecified atom stereocenters. The van der Waals surface area contributed by atoms with Crippen LogP contribution in [0.2, 0.25) is 30.1 Å². The van der Waals surface area contributed by atoms with Gasteiger partial charge in [0, 0.05) is 5.56 Å². The maximum absolute atomic E-state index is 10.3. The summed E-state index contributed by atoms with van der Waals surface area (Å²) in [5.74, 6) is 1.34. The van der Waals surface area contributed by atoms with Gasteiger partial charge in [-0.1, -0.05) is 103 Å². The molecular formula is C24H29BrCl6MgO2. The summed E-state index contributed by atoms with van der Waals surface area (Å²) >= 11 is 34.5. The van der Waals surface area contributed by atoms with Gasteiger partial charge in [-0.3, -0.25) is 4.79 Å². The standard InChI is InChI=1S/C12H15Cl3O.C7H3Cl3O.C5H11.BrH.Mg/c1-7(2)3-4-11(16)8-5-9(13)12(15)10(14)6-8;8-5-1-4(3-11)2-6(9)7(5)10;1-4-5(2)3;;/h5-7,11,16H,3-4H2,1-2H3;1-3H;5H,1,4H2,2-3H3;1H;/q;;-1;;+2/p-1. The minimum Gasteiger partial charge on any atom is -1.00 e. The maximum Gasteiger partial charge on any atom is 2.00 e. The van der Waals surface area contributed by atoms with E-state index in [0.717, 1.165) is 24.3 Å². The van der Waals surface area contributed by atoms with Crippen molar-refractivity contribution in [1.82, 2.24) is 0 Å². The van der Waals surface area contributed by atoms with Crippen molar-refractivity contribution in [3.05, 3.63) is 72.5 Å². The second-order valence-corrected chi connectivity index (χ2v) is 10.3. The van der Waals surface area contributed by atoms with E-state index in [9.17, 15) is 9.90 Å². The molecule has 0 fully saturated rings. The van der Waals surface area contributed by atoms with E-state index in [2.05, 4.69) is 34.6 Å². The van der Waals surface area contributed by atoms with Gasteiger partial charge in [0.15, 0.2) is 0 Å². The number of hydrogen-bond donors (Lipinski definition) is 1. The number of carbonyl (C=O) groups is 1. The number of carbonyl (C=O) groups excluding carboxylic acids is 1. The number of hydrogen-bond acceptors (Lipinski definition) is 2. The number of rotatable bonds is 6. The molecule has 2 aromatic rings. The predicted molar refractivity (Wildman–Crippen MR) is 148 cm³/mol. The molecule has 0 saturated carbocycles. The van der Waals surface area contributed by atoms with E-state index in [1.165, 1.54) is 12.1 Å². The summed E-state index contributed by atoms with van der Waals surface area (Å²) in [6.45, 7) is 12.2. The smallest absolute Gasteiger partial charge is 1.00 e.